The molecule has 0 N–H and O–H groups in total. The third kappa shape index (κ3) is 1.06. The Morgan fingerprint density at radius 3 is 2.43 bits per heavy atom. The molecular formula is C14H24. The van der Waals surface area contributed by atoms with Crippen molar-refractivity contribution in [3.8, 4) is 0 Å². The normalized spacial score (nSPS) is 55.7. The predicted molar refractivity (Wildman–Crippen MR) is 59.9 cm³/mol. The summed E-state index contributed by atoms with van der Waals surface area (Å²) in [5.41, 5.74) is 0. The molecule has 3 aliphatic carbocycles. The van der Waals surface area contributed by atoms with Crippen molar-refractivity contribution in [2.75, 3.05) is 0 Å². The van der Waals surface area contributed by atoms with Gasteiger partial charge in [0.15, 0.2) is 0 Å². The summed E-state index contributed by atoms with van der Waals surface area (Å²) >= 11 is 0. The Morgan fingerprint density at radius 1 is 1.00 bits per heavy atom. The Bertz CT molecular complexity index is 230. The first-order valence-corrected chi connectivity index (χ1v) is 6.68. The molecule has 0 heterocycles. The molecule has 3 rings (SSSR count). The third-order valence-corrected chi connectivity index (χ3v) is 5.67. The van der Waals surface area contributed by atoms with Gasteiger partial charge in [-0.25, -0.2) is 0 Å². The van der Waals surface area contributed by atoms with Crippen LogP contribution >= 0.6 is 0 Å². The molecule has 6 unspecified atom stereocenters. The number of hydrogen-bond acceptors (Lipinski definition) is 0. The van der Waals surface area contributed by atoms with E-state index in [-0.39, 0.29) is 0 Å². The van der Waals surface area contributed by atoms with Crippen LogP contribution in [0.2, 0.25) is 0 Å². The summed E-state index contributed by atoms with van der Waals surface area (Å²) in [7, 11) is 0. The van der Waals surface area contributed by atoms with Crippen molar-refractivity contribution in [1.82, 2.24) is 0 Å². The van der Waals surface area contributed by atoms with Crippen molar-refractivity contribution >= 4 is 0 Å². The van der Waals surface area contributed by atoms with Gasteiger partial charge >= 0.3 is 0 Å². The summed E-state index contributed by atoms with van der Waals surface area (Å²) < 4.78 is 0. The molecule has 14 heavy (non-hydrogen) atoms. The van der Waals surface area contributed by atoms with Gasteiger partial charge < -0.3 is 0 Å². The maximum absolute atomic E-state index is 2.52. The number of fused-ring (bicyclic) bond motifs is 5. The summed E-state index contributed by atoms with van der Waals surface area (Å²) in [6.45, 7) is 7.42. The van der Waals surface area contributed by atoms with E-state index >= 15 is 0 Å². The first-order chi connectivity index (χ1) is 6.68. The van der Waals surface area contributed by atoms with Gasteiger partial charge in [0.2, 0.25) is 0 Å². The van der Waals surface area contributed by atoms with Crippen LogP contribution in [0, 0.1) is 41.4 Å². The Balaban J connectivity index is 1.87. The molecular weight excluding hydrogens is 168 g/mol. The van der Waals surface area contributed by atoms with Crippen molar-refractivity contribution in [3.63, 3.8) is 0 Å². The second-order valence-corrected chi connectivity index (χ2v) is 6.61. The number of hydrogen-bond donors (Lipinski definition) is 0. The summed E-state index contributed by atoms with van der Waals surface area (Å²) in [6.07, 6.45) is 6.31. The maximum atomic E-state index is 2.52. The summed E-state index contributed by atoms with van der Waals surface area (Å²) in [6, 6.07) is 0. The third-order valence-electron chi connectivity index (χ3n) is 5.67. The number of rotatable bonds is 1. The monoisotopic (exact) mass is 192 g/mol. The van der Waals surface area contributed by atoms with Crippen molar-refractivity contribution in [1.29, 1.82) is 0 Å². The minimum Gasteiger partial charge on any atom is -0.0625 e. The van der Waals surface area contributed by atoms with Crippen LogP contribution in [0.4, 0.5) is 0 Å². The lowest BCUT2D eigenvalue weighted by Crippen LogP contribution is -2.26. The fourth-order valence-electron chi connectivity index (χ4n) is 5.47. The summed E-state index contributed by atoms with van der Waals surface area (Å²) in [5, 5.41) is 0. The van der Waals surface area contributed by atoms with E-state index in [0.717, 1.165) is 41.4 Å². The Kier molecular flexibility index (Phi) is 1.98. The van der Waals surface area contributed by atoms with Crippen LogP contribution in [0.15, 0.2) is 0 Å². The lowest BCUT2D eigenvalue weighted by Gasteiger charge is -2.32. The lowest BCUT2D eigenvalue weighted by molar-refractivity contribution is 0.162. The zero-order valence-corrected chi connectivity index (χ0v) is 9.87. The molecule has 0 nitrogen and oxygen atoms in total. The molecule has 0 aromatic heterocycles. The minimum atomic E-state index is 0.930. The molecule has 0 heteroatoms. The first-order valence-electron chi connectivity index (χ1n) is 6.68. The van der Waals surface area contributed by atoms with Gasteiger partial charge in [-0.05, 0) is 67.1 Å². The average molecular weight is 192 g/mol. The van der Waals surface area contributed by atoms with Crippen LogP contribution in [-0.4, -0.2) is 0 Å². The van der Waals surface area contributed by atoms with E-state index in [9.17, 15) is 0 Å². The Hall–Kier alpha value is 0. The molecule has 80 valence electrons. The van der Waals surface area contributed by atoms with E-state index in [2.05, 4.69) is 20.8 Å². The standard InChI is InChI=1S/C14H24/c1-8(2)13-9(3)6-12-10-4-5-11(7-10)14(12)13/h8-14H,4-7H2,1-3H3. The highest BCUT2D eigenvalue weighted by molar-refractivity contribution is 5.04. The van der Waals surface area contributed by atoms with Gasteiger partial charge in [0, 0.05) is 0 Å². The molecule has 0 aromatic rings. The van der Waals surface area contributed by atoms with Crippen LogP contribution < -0.4 is 0 Å². The molecule has 2 bridgehead atoms. The van der Waals surface area contributed by atoms with Gasteiger partial charge in [0.25, 0.3) is 0 Å². The van der Waals surface area contributed by atoms with Gasteiger partial charge in [-0.15, -0.1) is 0 Å². The van der Waals surface area contributed by atoms with E-state index in [0.29, 0.717) is 0 Å². The average Bonchev–Trinajstić information content (AvgIpc) is 2.70. The van der Waals surface area contributed by atoms with Crippen LogP contribution in [0.25, 0.3) is 0 Å². The van der Waals surface area contributed by atoms with Crippen molar-refractivity contribution < 1.29 is 0 Å². The molecule has 0 radical (unpaired) electrons. The second kappa shape index (κ2) is 3.00. The molecule has 0 aliphatic heterocycles. The van der Waals surface area contributed by atoms with Gasteiger partial charge in [0.05, 0.1) is 0 Å². The van der Waals surface area contributed by atoms with Crippen LogP contribution in [0.3, 0.4) is 0 Å². The van der Waals surface area contributed by atoms with E-state index < -0.39 is 0 Å². The van der Waals surface area contributed by atoms with Gasteiger partial charge in [-0.2, -0.15) is 0 Å². The Labute approximate surface area is 88.5 Å². The van der Waals surface area contributed by atoms with E-state index in [4.69, 9.17) is 0 Å². The van der Waals surface area contributed by atoms with Crippen LogP contribution in [-0.2, 0) is 0 Å². The smallest absolute Gasteiger partial charge is 0.0321 e. The molecule has 0 spiro atoms. The van der Waals surface area contributed by atoms with E-state index in [1.165, 1.54) is 0 Å². The fraction of sp³-hybridized carbons (Fsp3) is 1.00. The molecule has 0 saturated heterocycles. The van der Waals surface area contributed by atoms with E-state index in [1.54, 1.807) is 25.7 Å². The largest absolute Gasteiger partial charge is 0.0625 e. The van der Waals surface area contributed by atoms with Gasteiger partial charge in [-0.1, -0.05) is 20.8 Å². The lowest BCUT2D eigenvalue weighted by atomic mass is 9.73. The predicted octanol–water partition coefficient (Wildman–Crippen LogP) is 3.96. The molecule has 0 amide bonds. The molecule has 3 fully saturated rings. The van der Waals surface area contributed by atoms with Gasteiger partial charge in [-0.3, -0.25) is 0 Å². The zero-order valence-electron chi connectivity index (χ0n) is 9.87. The highest BCUT2D eigenvalue weighted by Crippen LogP contribution is 2.63. The highest BCUT2D eigenvalue weighted by atomic mass is 14.6. The second-order valence-electron chi connectivity index (χ2n) is 6.61. The van der Waals surface area contributed by atoms with Crippen LogP contribution in [0.1, 0.15) is 46.5 Å². The van der Waals surface area contributed by atoms with Crippen molar-refractivity contribution in [2.24, 2.45) is 41.4 Å². The highest BCUT2D eigenvalue weighted by Gasteiger charge is 2.55. The quantitative estimate of drug-likeness (QED) is 0.590. The topological polar surface area (TPSA) is 0 Å². The fourth-order valence-corrected chi connectivity index (χ4v) is 5.47. The zero-order chi connectivity index (χ0) is 9.87. The molecule has 6 atom stereocenters. The minimum absolute atomic E-state index is 0.930. The van der Waals surface area contributed by atoms with Gasteiger partial charge in [0.1, 0.15) is 0 Å². The van der Waals surface area contributed by atoms with Crippen molar-refractivity contribution in [3.05, 3.63) is 0 Å². The Morgan fingerprint density at radius 2 is 1.71 bits per heavy atom. The molecule has 3 aliphatic rings. The molecule has 0 aromatic carbocycles. The maximum Gasteiger partial charge on any atom is -0.0321 e. The van der Waals surface area contributed by atoms with Crippen molar-refractivity contribution in [2.45, 2.75) is 46.5 Å². The summed E-state index contributed by atoms with van der Waals surface area (Å²) in [5.74, 6) is 7.60. The SMILES string of the molecule is CC(C)C1C(C)CC2C3CCC(C3)C21. The summed E-state index contributed by atoms with van der Waals surface area (Å²) in [4.78, 5) is 0. The molecule has 3 saturated carbocycles. The first kappa shape index (κ1) is 9.24. The van der Waals surface area contributed by atoms with E-state index in [1.807, 2.05) is 0 Å². The van der Waals surface area contributed by atoms with Crippen LogP contribution in [0.5, 0.6) is 0 Å².